The van der Waals surface area contributed by atoms with E-state index < -0.39 is 30.2 Å². The zero-order valence-corrected chi connectivity index (χ0v) is 17.3. The second kappa shape index (κ2) is 9.29. The minimum absolute atomic E-state index is 0.0177. The Bertz CT molecular complexity index is 1080. The van der Waals surface area contributed by atoms with E-state index in [4.69, 9.17) is 18.6 Å². The maximum absolute atomic E-state index is 12.3. The Labute approximate surface area is 178 Å². The molecule has 3 rings (SSSR count). The lowest BCUT2D eigenvalue weighted by Crippen LogP contribution is -2.24. The van der Waals surface area contributed by atoms with Gasteiger partial charge in [-0.3, -0.25) is 14.9 Å². The van der Waals surface area contributed by atoms with Crippen LogP contribution in [0, 0.1) is 6.92 Å². The number of anilines is 1. The number of Topliss-reactive ketones (excluding diaryl/α,β-unsaturated/α-hetero) is 1. The van der Waals surface area contributed by atoms with E-state index in [0.717, 1.165) is 5.56 Å². The van der Waals surface area contributed by atoms with Crippen LogP contribution in [0.3, 0.4) is 0 Å². The van der Waals surface area contributed by atoms with Gasteiger partial charge in [0.25, 0.3) is 5.91 Å². The molecule has 0 saturated carbocycles. The average molecular weight is 427 g/mol. The van der Waals surface area contributed by atoms with Crippen molar-refractivity contribution in [1.29, 1.82) is 0 Å². The summed E-state index contributed by atoms with van der Waals surface area (Å²) < 4.78 is 20.9. The van der Waals surface area contributed by atoms with E-state index in [-0.39, 0.29) is 41.6 Å². The highest BCUT2D eigenvalue weighted by Crippen LogP contribution is 2.29. The Morgan fingerprint density at radius 3 is 2.52 bits per heavy atom. The number of para-hydroxylation sites is 1. The molecule has 31 heavy (non-hydrogen) atoms. The predicted octanol–water partition coefficient (Wildman–Crippen LogP) is 2.93. The Balaban J connectivity index is 1.68. The van der Waals surface area contributed by atoms with E-state index in [1.807, 2.05) is 12.1 Å². The number of carbonyl (C=O) groups excluding carboxylic acids is 4. The molecule has 2 aromatic rings. The van der Waals surface area contributed by atoms with Crippen LogP contribution >= 0.6 is 0 Å². The fourth-order valence-corrected chi connectivity index (χ4v) is 3.08. The molecular weight excluding hydrogens is 406 g/mol. The van der Waals surface area contributed by atoms with Crippen molar-refractivity contribution < 1.29 is 37.8 Å². The van der Waals surface area contributed by atoms with Crippen LogP contribution in [0.2, 0.25) is 0 Å². The van der Waals surface area contributed by atoms with Crippen molar-refractivity contribution in [2.45, 2.75) is 20.8 Å². The molecule has 0 unspecified atom stereocenters. The number of ketones is 1. The van der Waals surface area contributed by atoms with E-state index in [1.54, 1.807) is 25.1 Å². The van der Waals surface area contributed by atoms with Gasteiger partial charge in [-0.2, -0.15) is 0 Å². The molecule has 0 saturated heterocycles. The van der Waals surface area contributed by atoms with Crippen molar-refractivity contribution in [1.82, 2.24) is 0 Å². The smallest absolute Gasteiger partial charge is 0.344 e. The summed E-state index contributed by atoms with van der Waals surface area (Å²) in [6, 6.07) is 7.20. The van der Waals surface area contributed by atoms with Gasteiger partial charge in [0, 0.05) is 5.56 Å². The number of benzene rings is 1. The molecule has 1 N–H and O–H groups in total. The van der Waals surface area contributed by atoms with E-state index in [1.165, 1.54) is 13.8 Å². The van der Waals surface area contributed by atoms with Crippen molar-refractivity contribution in [2.75, 3.05) is 25.1 Å². The van der Waals surface area contributed by atoms with Crippen LogP contribution in [0.5, 0.6) is 5.75 Å². The van der Waals surface area contributed by atoms with Gasteiger partial charge in [-0.05, 0) is 32.9 Å². The lowest BCUT2D eigenvalue weighted by atomic mass is 10.1. The Hall–Kier alpha value is -3.88. The minimum atomic E-state index is -0.806. The Morgan fingerprint density at radius 1 is 1.06 bits per heavy atom. The molecule has 0 radical (unpaired) electrons. The third kappa shape index (κ3) is 4.82. The normalized spacial score (nSPS) is 12.2. The van der Waals surface area contributed by atoms with Crippen molar-refractivity contribution >= 4 is 35.6 Å². The zero-order chi connectivity index (χ0) is 22.5. The van der Waals surface area contributed by atoms with Crippen LogP contribution in [0.25, 0.3) is 6.08 Å². The van der Waals surface area contributed by atoms with Crippen LogP contribution in [-0.4, -0.2) is 43.4 Å². The molecule has 9 nitrogen and oxygen atoms in total. The molecule has 1 aromatic heterocycles. The first kappa shape index (κ1) is 21.8. The predicted molar refractivity (Wildman–Crippen MR) is 109 cm³/mol. The second-order valence-electron chi connectivity index (χ2n) is 6.63. The van der Waals surface area contributed by atoms with Gasteiger partial charge in [-0.15, -0.1) is 0 Å². The molecule has 1 amide bonds. The molecule has 0 bridgehead atoms. The highest BCUT2D eigenvalue weighted by Gasteiger charge is 2.29. The number of furan rings is 1. The third-order valence-corrected chi connectivity index (χ3v) is 4.40. The molecular formula is C22H21NO8. The van der Waals surface area contributed by atoms with Gasteiger partial charge in [0.05, 0.1) is 17.7 Å². The zero-order valence-electron chi connectivity index (χ0n) is 17.3. The van der Waals surface area contributed by atoms with Crippen LogP contribution in [-0.2, 0) is 19.1 Å². The van der Waals surface area contributed by atoms with Gasteiger partial charge in [0.15, 0.2) is 12.4 Å². The molecule has 0 aliphatic carbocycles. The maximum atomic E-state index is 12.3. The molecule has 0 spiro atoms. The summed E-state index contributed by atoms with van der Waals surface area (Å²) in [6.07, 6.45) is 1.63. The number of aryl methyl sites for hydroxylation is 1. The SMILES string of the molecule is CCOC(=O)c1c(NC(=O)COC(=O)C2=Cc3ccccc3OC2)oc(C)c1C(C)=O. The molecule has 2 heterocycles. The van der Waals surface area contributed by atoms with Crippen LogP contribution < -0.4 is 10.1 Å². The number of ether oxygens (including phenoxy) is 3. The number of fused-ring (bicyclic) bond motifs is 1. The Morgan fingerprint density at radius 2 is 1.81 bits per heavy atom. The van der Waals surface area contributed by atoms with Gasteiger partial charge < -0.3 is 18.6 Å². The highest BCUT2D eigenvalue weighted by molar-refractivity contribution is 6.11. The topological polar surface area (TPSA) is 121 Å². The maximum Gasteiger partial charge on any atom is 0.344 e. The fraction of sp³-hybridized carbons (Fsp3) is 0.273. The summed E-state index contributed by atoms with van der Waals surface area (Å²) in [6.45, 7) is 3.83. The van der Waals surface area contributed by atoms with Gasteiger partial charge in [0.1, 0.15) is 23.7 Å². The number of hydrogen-bond acceptors (Lipinski definition) is 8. The van der Waals surface area contributed by atoms with Crippen molar-refractivity contribution in [2.24, 2.45) is 0 Å². The molecule has 1 aliphatic heterocycles. The summed E-state index contributed by atoms with van der Waals surface area (Å²) in [5, 5.41) is 2.35. The third-order valence-electron chi connectivity index (χ3n) is 4.40. The first-order valence-electron chi connectivity index (χ1n) is 9.52. The van der Waals surface area contributed by atoms with Gasteiger partial charge in [-0.1, -0.05) is 18.2 Å². The first-order chi connectivity index (χ1) is 14.8. The first-order valence-corrected chi connectivity index (χ1v) is 9.52. The lowest BCUT2D eigenvalue weighted by molar-refractivity contribution is -0.143. The number of hydrogen-bond donors (Lipinski definition) is 1. The summed E-state index contributed by atoms with van der Waals surface area (Å²) in [7, 11) is 0. The minimum Gasteiger partial charge on any atom is -0.488 e. The summed E-state index contributed by atoms with van der Waals surface area (Å²) >= 11 is 0. The van der Waals surface area contributed by atoms with E-state index >= 15 is 0 Å². The molecule has 9 heteroatoms. The quantitative estimate of drug-likeness (QED) is 0.529. The van der Waals surface area contributed by atoms with Gasteiger partial charge in [0.2, 0.25) is 5.88 Å². The van der Waals surface area contributed by atoms with E-state index in [2.05, 4.69) is 5.32 Å². The molecule has 1 aliphatic rings. The summed E-state index contributed by atoms with van der Waals surface area (Å²) in [5.41, 5.74) is 0.832. The summed E-state index contributed by atoms with van der Waals surface area (Å²) in [4.78, 5) is 48.7. The lowest BCUT2D eigenvalue weighted by Gasteiger charge is -2.16. The van der Waals surface area contributed by atoms with Crippen molar-refractivity contribution in [3.8, 4) is 5.75 Å². The molecule has 1 aromatic carbocycles. The number of esters is 2. The van der Waals surface area contributed by atoms with Gasteiger partial charge in [-0.25, -0.2) is 9.59 Å². The molecule has 0 fully saturated rings. The van der Waals surface area contributed by atoms with Crippen molar-refractivity contribution in [3.63, 3.8) is 0 Å². The average Bonchev–Trinajstić information content (AvgIpc) is 3.07. The number of carbonyl (C=O) groups is 4. The van der Waals surface area contributed by atoms with Crippen LogP contribution in [0.15, 0.2) is 34.3 Å². The largest absolute Gasteiger partial charge is 0.488 e. The molecule has 0 atom stereocenters. The second-order valence-corrected chi connectivity index (χ2v) is 6.63. The van der Waals surface area contributed by atoms with E-state index in [9.17, 15) is 19.2 Å². The number of rotatable bonds is 7. The Kier molecular flexibility index (Phi) is 6.54. The summed E-state index contributed by atoms with van der Waals surface area (Å²) in [5.74, 6) is -2.11. The van der Waals surface area contributed by atoms with Crippen LogP contribution in [0.1, 0.15) is 45.9 Å². The fourth-order valence-electron chi connectivity index (χ4n) is 3.08. The monoisotopic (exact) mass is 427 g/mol. The van der Waals surface area contributed by atoms with E-state index in [0.29, 0.717) is 5.75 Å². The van der Waals surface area contributed by atoms with Crippen LogP contribution in [0.4, 0.5) is 5.88 Å². The number of nitrogens with one attached hydrogen (secondary N) is 1. The van der Waals surface area contributed by atoms with Crippen molar-refractivity contribution in [3.05, 3.63) is 52.3 Å². The number of amides is 1. The van der Waals surface area contributed by atoms with Gasteiger partial charge >= 0.3 is 11.9 Å². The molecule has 162 valence electrons. The highest BCUT2D eigenvalue weighted by atomic mass is 16.5. The standard InChI is InChI=1S/C22H21NO8/c1-4-28-22(27)19-18(12(2)24)13(3)31-20(19)23-17(25)11-30-21(26)15-9-14-7-5-6-8-16(14)29-10-15/h5-9H,4,10-11H2,1-3H3,(H,23,25).